The molecule has 1 atom stereocenters. The van der Waals surface area contributed by atoms with Gasteiger partial charge in [0.1, 0.15) is 5.15 Å². The molecule has 1 heterocycles. The lowest BCUT2D eigenvalue weighted by Gasteiger charge is -2.11. The highest BCUT2D eigenvalue weighted by molar-refractivity contribution is 14.1. The summed E-state index contributed by atoms with van der Waals surface area (Å²) in [6.07, 6.45) is 3.84. The minimum Gasteiger partial charge on any atom is -0.324 e. The average molecular weight is 311 g/mol. The van der Waals surface area contributed by atoms with Gasteiger partial charge in [-0.05, 0) is 35.1 Å². The standard InChI is InChI=1S/C9H12ClIN2/c1-2-3-8(12)6-5-13-9(10)4-7(6)11/h4-5,8H,2-3,12H2,1H3/t8-/m1/s1. The zero-order valence-corrected chi connectivity index (χ0v) is 10.3. The van der Waals surface area contributed by atoms with Crippen molar-refractivity contribution in [2.75, 3.05) is 0 Å². The first-order valence-electron chi connectivity index (χ1n) is 4.21. The normalized spacial score (nSPS) is 12.9. The molecule has 72 valence electrons. The Morgan fingerprint density at radius 1 is 1.69 bits per heavy atom. The highest BCUT2D eigenvalue weighted by atomic mass is 127. The summed E-state index contributed by atoms with van der Waals surface area (Å²) in [5, 5.41) is 0.525. The summed E-state index contributed by atoms with van der Waals surface area (Å²) in [5.74, 6) is 0. The van der Waals surface area contributed by atoms with Gasteiger partial charge in [0.05, 0.1) is 0 Å². The number of halogens is 2. The van der Waals surface area contributed by atoms with Gasteiger partial charge in [-0.2, -0.15) is 0 Å². The van der Waals surface area contributed by atoms with Crippen molar-refractivity contribution in [2.24, 2.45) is 5.73 Å². The van der Waals surface area contributed by atoms with Crippen LogP contribution in [0.1, 0.15) is 31.4 Å². The number of aromatic nitrogens is 1. The lowest BCUT2D eigenvalue weighted by Crippen LogP contribution is -2.11. The van der Waals surface area contributed by atoms with Crippen molar-refractivity contribution in [1.82, 2.24) is 4.98 Å². The Morgan fingerprint density at radius 2 is 2.38 bits per heavy atom. The number of nitrogens with zero attached hydrogens (tertiary/aromatic N) is 1. The molecule has 0 radical (unpaired) electrons. The SMILES string of the molecule is CCC[C@@H](N)c1cnc(Cl)cc1I. The average Bonchev–Trinajstić information content (AvgIpc) is 2.04. The van der Waals surface area contributed by atoms with Crippen molar-refractivity contribution in [3.05, 3.63) is 26.5 Å². The molecule has 0 saturated heterocycles. The summed E-state index contributed by atoms with van der Waals surface area (Å²) < 4.78 is 1.10. The molecule has 13 heavy (non-hydrogen) atoms. The van der Waals surface area contributed by atoms with Crippen LogP contribution in [-0.4, -0.2) is 4.98 Å². The van der Waals surface area contributed by atoms with Crippen LogP contribution in [0.4, 0.5) is 0 Å². The maximum atomic E-state index is 5.97. The summed E-state index contributed by atoms with van der Waals surface area (Å²) in [6, 6.07) is 1.93. The molecule has 1 rings (SSSR count). The molecule has 0 unspecified atom stereocenters. The van der Waals surface area contributed by atoms with Gasteiger partial charge in [0.15, 0.2) is 0 Å². The van der Waals surface area contributed by atoms with E-state index in [2.05, 4.69) is 34.5 Å². The molecule has 0 aliphatic carbocycles. The van der Waals surface area contributed by atoms with Crippen molar-refractivity contribution >= 4 is 34.2 Å². The van der Waals surface area contributed by atoms with E-state index in [4.69, 9.17) is 17.3 Å². The third-order valence-corrected chi connectivity index (χ3v) is 2.99. The highest BCUT2D eigenvalue weighted by Crippen LogP contribution is 2.22. The van der Waals surface area contributed by atoms with E-state index in [0.29, 0.717) is 5.15 Å². The summed E-state index contributed by atoms with van der Waals surface area (Å²) in [7, 11) is 0. The van der Waals surface area contributed by atoms with Crippen molar-refractivity contribution in [3.8, 4) is 0 Å². The van der Waals surface area contributed by atoms with Crippen LogP contribution in [0.3, 0.4) is 0 Å². The highest BCUT2D eigenvalue weighted by Gasteiger charge is 2.09. The van der Waals surface area contributed by atoms with Gasteiger partial charge in [0.2, 0.25) is 0 Å². The Bertz CT molecular complexity index is 291. The summed E-state index contributed by atoms with van der Waals surface area (Å²) >= 11 is 7.98. The molecule has 2 nitrogen and oxygen atoms in total. The van der Waals surface area contributed by atoms with E-state index in [1.807, 2.05) is 6.07 Å². The van der Waals surface area contributed by atoms with E-state index in [1.54, 1.807) is 6.20 Å². The van der Waals surface area contributed by atoms with Crippen molar-refractivity contribution in [1.29, 1.82) is 0 Å². The fourth-order valence-electron chi connectivity index (χ4n) is 1.16. The monoisotopic (exact) mass is 310 g/mol. The maximum absolute atomic E-state index is 5.97. The molecule has 0 aliphatic rings. The first kappa shape index (κ1) is 11.2. The van der Waals surface area contributed by atoms with Crippen LogP contribution < -0.4 is 5.73 Å². The largest absolute Gasteiger partial charge is 0.324 e. The quantitative estimate of drug-likeness (QED) is 0.688. The van der Waals surface area contributed by atoms with E-state index < -0.39 is 0 Å². The minimum absolute atomic E-state index is 0.0849. The third kappa shape index (κ3) is 3.07. The number of rotatable bonds is 3. The topological polar surface area (TPSA) is 38.9 Å². The smallest absolute Gasteiger partial charge is 0.130 e. The Kier molecular flexibility index (Phi) is 4.41. The second kappa shape index (κ2) is 5.12. The number of hydrogen-bond acceptors (Lipinski definition) is 2. The van der Waals surface area contributed by atoms with Gasteiger partial charge in [0, 0.05) is 21.4 Å². The summed E-state index contributed by atoms with van der Waals surface area (Å²) in [6.45, 7) is 2.12. The van der Waals surface area contributed by atoms with E-state index >= 15 is 0 Å². The van der Waals surface area contributed by atoms with E-state index in [0.717, 1.165) is 22.0 Å². The lowest BCUT2D eigenvalue weighted by molar-refractivity contribution is 0.633. The zero-order chi connectivity index (χ0) is 9.84. The van der Waals surface area contributed by atoms with Gasteiger partial charge in [-0.15, -0.1) is 0 Å². The Balaban J connectivity index is 2.88. The number of hydrogen-bond donors (Lipinski definition) is 1. The maximum Gasteiger partial charge on any atom is 0.130 e. The molecule has 0 aliphatic heterocycles. The molecule has 0 bridgehead atoms. The lowest BCUT2D eigenvalue weighted by atomic mass is 10.1. The first-order chi connectivity index (χ1) is 6.15. The molecule has 0 saturated carbocycles. The van der Waals surface area contributed by atoms with E-state index in [1.165, 1.54) is 0 Å². The van der Waals surface area contributed by atoms with Crippen molar-refractivity contribution in [3.63, 3.8) is 0 Å². The fourth-order valence-corrected chi connectivity index (χ4v) is 2.33. The van der Waals surface area contributed by atoms with Gasteiger partial charge in [-0.1, -0.05) is 24.9 Å². The summed E-state index contributed by atoms with van der Waals surface area (Å²) in [5.41, 5.74) is 7.06. The number of nitrogens with two attached hydrogens (primary N) is 1. The first-order valence-corrected chi connectivity index (χ1v) is 5.67. The second-order valence-corrected chi connectivity index (χ2v) is 4.47. The van der Waals surface area contributed by atoms with Gasteiger partial charge in [-0.25, -0.2) is 4.98 Å². The van der Waals surface area contributed by atoms with Crippen LogP contribution in [0.15, 0.2) is 12.3 Å². The third-order valence-electron chi connectivity index (χ3n) is 1.85. The summed E-state index contributed by atoms with van der Waals surface area (Å²) in [4.78, 5) is 4.02. The van der Waals surface area contributed by atoms with Gasteiger partial charge in [-0.3, -0.25) is 0 Å². The zero-order valence-electron chi connectivity index (χ0n) is 7.43. The second-order valence-electron chi connectivity index (χ2n) is 2.92. The number of pyridine rings is 1. The van der Waals surface area contributed by atoms with Gasteiger partial charge >= 0.3 is 0 Å². The molecule has 0 spiro atoms. The Hall–Kier alpha value is 0.130. The molecule has 2 N–H and O–H groups in total. The van der Waals surface area contributed by atoms with Gasteiger partial charge < -0.3 is 5.73 Å². The van der Waals surface area contributed by atoms with Crippen molar-refractivity contribution in [2.45, 2.75) is 25.8 Å². The molecule has 1 aromatic rings. The van der Waals surface area contributed by atoms with Crippen LogP contribution in [0.2, 0.25) is 5.15 Å². The predicted molar refractivity (Wildman–Crippen MR) is 63.8 cm³/mol. The fraction of sp³-hybridized carbons (Fsp3) is 0.444. The van der Waals surface area contributed by atoms with Crippen LogP contribution in [0.25, 0.3) is 0 Å². The molecular formula is C9H12ClIN2. The Morgan fingerprint density at radius 3 is 2.92 bits per heavy atom. The molecule has 1 aromatic heterocycles. The predicted octanol–water partition coefficient (Wildman–Crippen LogP) is 3.14. The van der Waals surface area contributed by atoms with Crippen LogP contribution in [-0.2, 0) is 0 Å². The Labute approximate surface area is 97.0 Å². The molecule has 0 aromatic carbocycles. The van der Waals surface area contributed by atoms with E-state index in [9.17, 15) is 0 Å². The molecular weight excluding hydrogens is 298 g/mol. The molecule has 0 fully saturated rings. The molecule has 0 amide bonds. The van der Waals surface area contributed by atoms with Crippen LogP contribution >= 0.6 is 34.2 Å². The van der Waals surface area contributed by atoms with Crippen LogP contribution in [0, 0.1) is 3.57 Å². The minimum atomic E-state index is 0.0849. The van der Waals surface area contributed by atoms with Gasteiger partial charge in [0.25, 0.3) is 0 Å². The van der Waals surface area contributed by atoms with Crippen molar-refractivity contribution < 1.29 is 0 Å². The molecule has 4 heteroatoms. The van der Waals surface area contributed by atoms with E-state index in [-0.39, 0.29) is 6.04 Å². The van der Waals surface area contributed by atoms with Crippen LogP contribution in [0.5, 0.6) is 0 Å².